The second-order valence-corrected chi connectivity index (χ2v) is 9.12. The molecule has 0 unspecified atom stereocenters. The highest BCUT2D eigenvalue weighted by molar-refractivity contribution is 7.10. The van der Waals surface area contributed by atoms with Gasteiger partial charge in [-0.05, 0) is 54.5 Å². The van der Waals surface area contributed by atoms with E-state index in [1.54, 1.807) is 16.2 Å². The van der Waals surface area contributed by atoms with Crippen molar-refractivity contribution in [2.24, 2.45) is 0 Å². The van der Waals surface area contributed by atoms with E-state index >= 15 is 0 Å². The van der Waals surface area contributed by atoms with Crippen molar-refractivity contribution in [3.05, 3.63) is 88.1 Å². The SMILES string of the molecule is Cc1ccsc1CN(Cc1ccccc1)C(=O)CN(C(=O)COc1ccccc1)C1CC1. The Kier molecular flexibility index (Phi) is 7.22. The van der Waals surface area contributed by atoms with Gasteiger partial charge in [0, 0.05) is 17.5 Å². The van der Waals surface area contributed by atoms with Crippen LogP contribution in [0.15, 0.2) is 72.1 Å². The van der Waals surface area contributed by atoms with Crippen LogP contribution in [0.4, 0.5) is 0 Å². The van der Waals surface area contributed by atoms with Crippen LogP contribution >= 0.6 is 11.3 Å². The van der Waals surface area contributed by atoms with Crippen LogP contribution in [0.2, 0.25) is 0 Å². The van der Waals surface area contributed by atoms with E-state index in [0.29, 0.717) is 18.8 Å². The molecule has 2 amide bonds. The molecule has 4 rings (SSSR count). The van der Waals surface area contributed by atoms with E-state index in [-0.39, 0.29) is 31.0 Å². The zero-order chi connectivity index (χ0) is 22.3. The fourth-order valence-electron chi connectivity index (χ4n) is 3.57. The summed E-state index contributed by atoms with van der Waals surface area (Å²) >= 11 is 1.66. The van der Waals surface area contributed by atoms with Gasteiger partial charge in [0.25, 0.3) is 5.91 Å². The molecule has 0 spiro atoms. The van der Waals surface area contributed by atoms with Crippen molar-refractivity contribution >= 4 is 23.2 Å². The Bertz CT molecular complexity index is 1030. The summed E-state index contributed by atoms with van der Waals surface area (Å²) in [4.78, 5) is 31.0. The van der Waals surface area contributed by atoms with E-state index in [4.69, 9.17) is 4.74 Å². The average Bonchev–Trinajstić information content (AvgIpc) is 3.58. The van der Waals surface area contributed by atoms with Crippen molar-refractivity contribution in [1.29, 1.82) is 0 Å². The molecule has 1 fully saturated rings. The monoisotopic (exact) mass is 448 g/mol. The molecule has 166 valence electrons. The van der Waals surface area contributed by atoms with Crippen LogP contribution in [0.3, 0.4) is 0 Å². The molecule has 6 heteroatoms. The maximum absolute atomic E-state index is 13.4. The minimum absolute atomic E-state index is 0.0402. The van der Waals surface area contributed by atoms with E-state index in [2.05, 4.69) is 18.4 Å². The first-order valence-electron chi connectivity index (χ1n) is 10.9. The number of hydrogen-bond donors (Lipinski definition) is 0. The number of para-hydroxylation sites is 1. The Balaban J connectivity index is 1.44. The highest BCUT2D eigenvalue weighted by atomic mass is 32.1. The van der Waals surface area contributed by atoms with Gasteiger partial charge in [0.2, 0.25) is 5.91 Å². The Hall–Kier alpha value is -3.12. The molecule has 0 radical (unpaired) electrons. The van der Waals surface area contributed by atoms with E-state index in [1.807, 2.05) is 65.6 Å². The number of carbonyl (C=O) groups excluding carboxylic acids is 2. The van der Waals surface area contributed by atoms with E-state index < -0.39 is 0 Å². The van der Waals surface area contributed by atoms with E-state index in [1.165, 1.54) is 10.4 Å². The first kappa shape index (κ1) is 22.1. The fraction of sp³-hybridized carbons (Fsp3) is 0.308. The summed E-state index contributed by atoms with van der Waals surface area (Å²) in [5.74, 6) is 0.472. The van der Waals surface area contributed by atoms with Crippen LogP contribution < -0.4 is 4.74 Å². The number of benzene rings is 2. The van der Waals surface area contributed by atoms with Crippen LogP contribution in [-0.2, 0) is 22.7 Å². The molecule has 0 saturated heterocycles. The summed E-state index contributed by atoms with van der Waals surface area (Å²) in [5, 5.41) is 2.05. The fourth-order valence-corrected chi connectivity index (χ4v) is 4.49. The van der Waals surface area contributed by atoms with Gasteiger partial charge in [-0.15, -0.1) is 11.3 Å². The van der Waals surface area contributed by atoms with Crippen LogP contribution in [0, 0.1) is 6.92 Å². The molecule has 5 nitrogen and oxygen atoms in total. The van der Waals surface area contributed by atoms with Crippen molar-refractivity contribution in [3.8, 4) is 5.75 Å². The van der Waals surface area contributed by atoms with Crippen LogP contribution in [0.5, 0.6) is 5.75 Å². The lowest BCUT2D eigenvalue weighted by Crippen LogP contribution is -2.45. The maximum Gasteiger partial charge on any atom is 0.261 e. The summed E-state index contributed by atoms with van der Waals surface area (Å²) in [5.41, 5.74) is 2.26. The number of nitrogens with zero attached hydrogens (tertiary/aromatic N) is 2. The summed E-state index contributed by atoms with van der Waals surface area (Å²) < 4.78 is 5.65. The highest BCUT2D eigenvalue weighted by Gasteiger charge is 2.35. The third kappa shape index (κ3) is 5.98. The molecule has 0 aliphatic heterocycles. The van der Waals surface area contributed by atoms with E-state index in [9.17, 15) is 9.59 Å². The maximum atomic E-state index is 13.4. The lowest BCUT2D eigenvalue weighted by molar-refractivity contribution is -0.142. The predicted octanol–water partition coefficient (Wildman–Crippen LogP) is 4.66. The summed E-state index contributed by atoms with van der Waals surface area (Å²) in [6.45, 7) is 3.15. The number of ether oxygens (including phenoxy) is 1. The first-order chi connectivity index (χ1) is 15.6. The van der Waals surface area contributed by atoms with Crippen molar-refractivity contribution in [1.82, 2.24) is 9.80 Å². The highest BCUT2D eigenvalue weighted by Crippen LogP contribution is 2.27. The largest absolute Gasteiger partial charge is 0.484 e. The minimum atomic E-state index is -0.142. The van der Waals surface area contributed by atoms with Gasteiger partial charge in [0.15, 0.2) is 6.61 Å². The van der Waals surface area contributed by atoms with Crippen LogP contribution in [0.1, 0.15) is 28.8 Å². The zero-order valence-electron chi connectivity index (χ0n) is 18.3. The van der Waals surface area contributed by atoms with Gasteiger partial charge in [-0.2, -0.15) is 0 Å². The van der Waals surface area contributed by atoms with Crippen molar-refractivity contribution in [2.45, 2.75) is 38.9 Å². The summed E-state index contributed by atoms with van der Waals surface area (Å²) in [7, 11) is 0. The molecule has 1 saturated carbocycles. The Labute approximate surface area is 193 Å². The lowest BCUT2D eigenvalue weighted by Gasteiger charge is -2.28. The molecule has 2 aromatic carbocycles. The molecule has 0 atom stereocenters. The third-order valence-corrected chi connectivity index (χ3v) is 6.60. The Morgan fingerprint density at radius 2 is 1.62 bits per heavy atom. The number of amides is 2. The molecular formula is C26H28N2O3S. The molecule has 1 aromatic heterocycles. The normalized spacial score (nSPS) is 12.9. The Morgan fingerprint density at radius 1 is 0.938 bits per heavy atom. The molecule has 0 bridgehead atoms. The molecule has 3 aromatic rings. The van der Waals surface area contributed by atoms with Crippen LogP contribution in [0.25, 0.3) is 0 Å². The lowest BCUT2D eigenvalue weighted by atomic mass is 10.2. The van der Waals surface area contributed by atoms with E-state index in [0.717, 1.165) is 18.4 Å². The molecule has 1 aliphatic rings. The predicted molar refractivity (Wildman–Crippen MR) is 126 cm³/mol. The van der Waals surface area contributed by atoms with Crippen molar-refractivity contribution in [3.63, 3.8) is 0 Å². The van der Waals surface area contributed by atoms with Gasteiger partial charge < -0.3 is 14.5 Å². The third-order valence-electron chi connectivity index (χ3n) is 5.59. The number of rotatable bonds is 10. The minimum Gasteiger partial charge on any atom is -0.484 e. The molecule has 1 aliphatic carbocycles. The van der Waals surface area contributed by atoms with Gasteiger partial charge in [-0.1, -0.05) is 48.5 Å². The van der Waals surface area contributed by atoms with Crippen molar-refractivity contribution < 1.29 is 14.3 Å². The van der Waals surface area contributed by atoms with Crippen molar-refractivity contribution in [2.75, 3.05) is 13.2 Å². The van der Waals surface area contributed by atoms with Crippen LogP contribution in [-0.4, -0.2) is 40.8 Å². The average molecular weight is 449 g/mol. The number of carbonyl (C=O) groups is 2. The number of hydrogen-bond acceptors (Lipinski definition) is 4. The zero-order valence-corrected chi connectivity index (χ0v) is 19.1. The number of aryl methyl sites for hydroxylation is 1. The second kappa shape index (κ2) is 10.5. The quantitative estimate of drug-likeness (QED) is 0.453. The second-order valence-electron chi connectivity index (χ2n) is 8.12. The first-order valence-corrected chi connectivity index (χ1v) is 11.8. The molecular weight excluding hydrogens is 420 g/mol. The van der Waals surface area contributed by atoms with Gasteiger partial charge in [-0.25, -0.2) is 0 Å². The summed E-state index contributed by atoms with van der Waals surface area (Å²) in [6.07, 6.45) is 1.88. The van der Waals surface area contributed by atoms with Gasteiger partial charge in [0.05, 0.1) is 6.54 Å². The topological polar surface area (TPSA) is 49.9 Å². The molecule has 0 N–H and O–H groups in total. The van der Waals surface area contributed by atoms with Gasteiger partial charge in [-0.3, -0.25) is 9.59 Å². The van der Waals surface area contributed by atoms with Gasteiger partial charge in [0.1, 0.15) is 12.3 Å². The molecule has 1 heterocycles. The van der Waals surface area contributed by atoms with Gasteiger partial charge >= 0.3 is 0 Å². The smallest absolute Gasteiger partial charge is 0.261 e. The number of thiophene rings is 1. The molecule has 32 heavy (non-hydrogen) atoms. The standard InChI is InChI=1S/C26H28N2O3S/c1-20-14-15-32-24(20)17-27(16-21-8-4-2-5-9-21)25(29)18-28(22-12-13-22)26(30)19-31-23-10-6-3-7-11-23/h2-11,14-15,22H,12-13,16-19H2,1H3. The Morgan fingerprint density at radius 3 is 2.25 bits per heavy atom. The summed E-state index contributed by atoms with van der Waals surface area (Å²) in [6, 6.07) is 21.5.